The van der Waals surface area contributed by atoms with Gasteiger partial charge in [0.05, 0.1) is 4.90 Å². The predicted octanol–water partition coefficient (Wildman–Crippen LogP) is 3.09. The number of halogens is 3. The van der Waals surface area contributed by atoms with Gasteiger partial charge in [-0.25, -0.2) is 8.42 Å². The van der Waals surface area contributed by atoms with Crippen molar-refractivity contribution >= 4 is 15.9 Å². The number of carbonyl (C=O) groups excluding carboxylic acids is 1. The quantitative estimate of drug-likeness (QED) is 0.778. The monoisotopic (exact) mass is 404 g/mol. The Morgan fingerprint density at radius 1 is 1.15 bits per heavy atom. The van der Waals surface area contributed by atoms with Gasteiger partial charge in [-0.05, 0) is 42.5 Å². The summed E-state index contributed by atoms with van der Waals surface area (Å²) in [7, 11) is -2.17. The van der Waals surface area contributed by atoms with Gasteiger partial charge in [0, 0.05) is 26.2 Å². The molecular weight excluding hydrogens is 381 g/mol. The minimum atomic E-state index is -4.93. The summed E-state index contributed by atoms with van der Waals surface area (Å²) in [5.74, 6) is -1.89. The van der Waals surface area contributed by atoms with Gasteiger partial charge in [0.25, 0.3) is 0 Å². The van der Waals surface area contributed by atoms with Crippen LogP contribution in [0.1, 0.15) is 43.2 Å². The highest BCUT2D eigenvalue weighted by atomic mass is 32.2. The molecule has 1 aliphatic heterocycles. The first-order chi connectivity index (χ1) is 12.6. The second kappa shape index (κ2) is 7.43. The van der Waals surface area contributed by atoms with E-state index >= 15 is 0 Å². The van der Waals surface area contributed by atoms with Crippen LogP contribution in [0.3, 0.4) is 0 Å². The second-order valence-electron chi connectivity index (χ2n) is 7.22. The molecule has 150 valence electrons. The second-order valence-corrected chi connectivity index (χ2v) is 9.22. The fourth-order valence-corrected chi connectivity index (χ4v) is 5.32. The van der Waals surface area contributed by atoms with Crippen molar-refractivity contribution in [2.24, 2.45) is 0 Å². The van der Waals surface area contributed by atoms with E-state index in [1.807, 2.05) is 0 Å². The van der Waals surface area contributed by atoms with E-state index < -0.39 is 22.1 Å². The highest BCUT2D eigenvalue weighted by Gasteiger charge is 2.43. The summed E-state index contributed by atoms with van der Waals surface area (Å²) in [4.78, 5) is 12.3. The molecule has 5 nitrogen and oxygen atoms in total. The van der Waals surface area contributed by atoms with E-state index in [-0.39, 0.29) is 30.4 Å². The predicted molar refractivity (Wildman–Crippen MR) is 93.4 cm³/mol. The largest absolute Gasteiger partial charge is 0.471 e. The first-order valence-corrected chi connectivity index (χ1v) is 10.5. The van der Waals surface area contributed by atoms with Crippen LogP contribution in [0.5, 0.6) is 0 Å². The van der Waals surface area contributed by atoms with Gasteiger partial charge in [-0.2, -0.15) is 17.5 Å². The Morgan fingerprint density at radius 3 is 2.44 bits per heavy atom. The zero-order valence-electron chi connectivity index (χ0n) is 15.1. The van der Waals surface area contributed by atoms with Crippen molar-refractivity contribution in [1.29, 1.82) is 0 Å². The van der Waals surface area contributed by atoms with Gasteiger partial charge in [-0.3, -0.25) is 4.79 Å². The van der Waals surface area contributed by atoms with E-state index in [1.165, 1.54) is 16.4 Å². The highest BCUT2D eigenvalue weighted by Crippen LogP contribution is 2.30. The Balaban J connectivity index is 1.84. The molecule has 0 saturated heterocycles. The maximum absolute atomic E-state index is 13.0. The number of amides is 1. The van der Waals surface area contributed by atoms with Crippen molar-refractivity contribution in [1.82, 2.24) is 9.21 Å². The van der Waals surface area contributed by atoms with Crippen molar-refractivity contribution in [3.63, 3.8) is 0 Å². The van der Waals surface area contributed by atoms with Crippen molar-refractivity contribution in [2.45, 2.75) is 62.2 Å². The zero-order valence-corrected chi connectivity index (χ0v) is 15.9. The Labute approximate surface area is 157 Å². The van der Waals surface area contributed by atoms with Crippen LogP contribution < -0.4 is 0 Å². The molecule has 27 heavy (non-hydrogen) atoms. The summed E-state index contributed by atoms with van der Waals surface area (Å²) in [6.07, 6.45) is 0.0557. The number of benzene rings is 1. The number of nitrogens with zero attached hydrogens (tertiary/aromatic N) is 2. The lowest BCUT2D eigenvalue weighted by molar-refractivity contribution is -0.186. The normalized spacial score (nSPS) is 19.2. The first kappa shape index (κ1) is 20.1. The van der Waals surface area contributed by atoms with E-state index in [2.05, 4.69) is 0 Å². The average molecular weight is 404 g/mol. The summed E-state index contributed by atoms with van der Waals surface area (Å²) in [6.45, 7) is -0.260. The number of carbonyl (C=O) groups is 1. The fourth-order valence-electron chi connectivity index (χ4n) is 3.85. The first-order valence-electron chi connectivity index (χ1n) is 9.06. The zero-order chi connectivity index (χ0) is 19.8. The molecule has 3 rings (SSSR count). The van der Waals surface area contributed by atoms with Gasteiger partial charge < -0.3 is 4.90 Å². The van der Waals surface area contributed by atoms with Gasteiger partial charge in [-0.1, -0.05) is 25.3 Å². The van der Waals surface area contributed by atoms with Gasteiger partial charge in [0.1, 0.15) is 0 Å². The van der Waals surface area contributed by atoms with E-state index in [4.69, 9.17) is 0 Å². The van der Waals surface area contributed by atoms with Crippen LogP contribution >= 0.6 is 0 Å². The molecule has 2 aliphatic rings. The lowest BCUT2D eigenvalue weighted by Gasteiger charge is -2.32. The fraction of sp³-hybridized carbons (Fsp3) is 0.611. The third-order valence-corrected chi connectivity index (χ3v) is 7.39. The third-order valence-electron chi connectivity index (χ3n) is 5.49. The molecule has 1 aliphatic carbocycles. The van der Waals surface area contributed by atoms with Gasteiger partial charge >= 0.3 is 12.1 Å². The maximum Gasteiger partial charge on any atom is 0.471 e. The minimum Gasteiger partial charge on any atom is -0.330 e. The number of hydrogen-bond acceptors (Lipinski definition) is 3. The Bertz CT molecular complexity index is 818. The van der Waals surface area contributed by atoms with E-state index in [9.17, 15) is 26.4 Å². The summed E-state index contributed by atoms with van der Waals surface area (Å²) < 4.78 is 65.4. The van der Waals surface area contributed by atoms with E-state index in [0.29, 0.717) is 5.56 Å². The molecule has 1 aromatic rings. The minimum absolute atomic E-state index is 0.0284. The maximum atomic E-state index is 13.0. The van der Waals surface area contributed by atoms with Crippen LogP contribution in [-0.2, 0) is 27.8 Å². The van der Waals surface area contributed by atoms with Gasteiger partial charge in [0.2, 0.25) is 10.0 Å². The SMILES string of the molecule is CN(C1CCCCC1)S(=O)(=O)c1ccc2c(c1)CN(C(=O)C(F)(F)F)CC2. The number of hydrogen-bond donors (Lipinski definition) is 0. The molecule has 0 unspecified atom stereocenters. The van der Waals surface area contributed by atoms with Crippen LogP contribution in [0.15, 0.2) is 23.1 Å². The molecular formula is C18H23F3N2O3S. The van der Waals surface area contributed by atoms with Crippen LogP contribution in [0, 0.1) is 0 Å². The van der Waals surface area contributed by atoms with E-state index in [1.54, 1.807) is 13.1 Å². The van der Waals surface area contributed by atoms with Crippen LogP contribution in [0.25, 0.3) is 0 Å². The van der Waals surface area contributed by atoms with Crippen molar-refractivity contribution in [2.75, 3.05) is 13.6 Å². The highest BCUT2D eigenvalue weighted by molar-refractivity contribution is 7.89. The van der Waals surface area contributed by atoms with Gasteiger partial charge in [-0.15, -0.1) is 0 Å². The Morgan fingerprint density at radius 2 is 1.81 bits per heavy atom. The van der Waals surface area contributed by atoms with Gasteiger partial charge in [0.15, 0.2) is 0 Å². The lowest BCUT2D eigenvalue weighted by atomic mass is 9.96. The molecule has 0 bridgehead atoms. The third kappa shape index (κ3) is 4.13. The molecule has 0 spiro atoms. The molecule has 0 atom stereocenters. The summed E-state index contributed by atoms with van der Waals surface area (Å²) in [5.41, 5.74) is 1.23. The van der Waals surface area contributed by atoms with Crippen molar-refractivity contribution in [3.05, 3.63) is 29.3 Å². The number of alkyl halides is 3. The Kier molecular flexibility index (Phi) is 5.54. The molecule has 1 amide bonds. The molecule has 0 aromatic heterocycles. The number of fused-ring (bicyclic) bond motifs is 1. The molecule has 9 heteroatoms. The Hall–Kier alpha value is -1.61. The summed E-state index contributed by atoms with van der Waals surface area (Å²) in [6, 6.07) is 4.52. The molecule has 1 saturated carbocycles. The number of sulfonamides is 1. The summed E-state index contributed by atoms with van der Waals surface area (Å²) in [5, 5.41) is 0. The van der Waals surface area contributed by atoms with Crippen LogP contribution in [0.4, 0.5) is 13.2 Å². The smallest absolute Gasteiger partial charge is 0.330 e. The summed E-state index contributed by atoms with van der Waals surface area (Å²) >= 11 is 0. The molecule has 1 heterocycles. The van der Waals surface area contributed by atoms with Crippen LogP contribution in [-0.4, -0.2) is 49.3 Å². The molecule has 0 N–H and O–H groups in total. The average Bonchev–Trinajstić information content (AvgIpc) is 2.65. The molecule has 1 aromatic carbocycles. The molecule has 0 radical (unpaired) electrons. The van der Waals surface area contributed by atoms with Crippen molar-refractivity contribution < 1.29 is 26.4 Å². The standard InChI is InChI=1S/C18H23F3N2O3S/c1-22(15-5-3-2-4-6-15)27(25,26)16-8-7-13-9-10-23(12-14(13)11-16)17(24)18(19,20)21/h7-8,11,15H,2-6,9-10,12H2,1H3. The number of rotatable bonds is 3. The van der Waals surface area contributed by atoms with E-state index in [0.717, 1.165) is 42.6 Å². The van der Waals surface area contributed by atoms with Crippen LogP contribution in [0.2, 0.25) is 0 Å². The molecule has 1 fully saturated rings. The lowest BCUT2D eigenvalue weighted by Crippen LogP contribution is -2.43. The topological polar surface area (TPSA) is 57.7 Å². The van der Waals surface area contributed by atoms with Crippen molar-refractivity contribution in [3.8, 4) is 0 Å².